The molecular formula is C12H10ClN5O2. The fraction of sp³-hybridized carbons (Fsp3) is 0.167. The third kappa shape index (κ3) is 2.28. The summed E-state index contributed by atoms with van der Waals surface area (Å²) in [5.74, 6) is -0.132. The predicted octanol–water partition coefficient (Wildman–Crippen LogP) is 1.64. The van der Waals surface area contributed by atoms with Crippen LogP contribution in [-0.2, 0) is 0 Å². The van der Waals surface area contributed by atoms with E-state index in [1.54, 1.807) is 24.4 Å². The van der Waals surface area contributed by atoms with Crippen LogP contribution in [0.1, 0.15) is 28.7 Å². The zero-order chi connectivity index (χ0) is 14.1. The van der Waals surface area contributed by atoms with E-state index in [1.165, 1.54) is 0 Å². The SMILES string of the molecule is O=C(CC(O)c1nn[nH]n1)c1c[nH]c2ccc(Cl)cc12. The number of halogens is 1. The van der Waals surface area contributed by atoms with Crippen molar-refractivity contribution >= 4 is 28.3 Å². The van der Waals surface area contributed by atoms with Gasteiger partial charge in [0.15, 0.2) is 5.78 Å². The summed E-state index contributed by atoms with van der Waals surface area (Å²) in [5, 5.41) is 24.0. The lowest BCUT2D eigenvalue weighted by Gasteiger charge is -2.04. The Labute approximate surface area is 118 Å². The topological polar surface area (TPSA) is 108 Å². The highest BCUT2D eigenvalue weighted by atomic mass is 35.5. The van der Waals surface area contributed by atoms with Crippen LogP contribution in [-0.4, -0.2) is 36.5 Å². The Kier molecular flexibility index (Phi) is 3.21. The molecule has 0 radical (unpaired) electrons. The molecule has 0 saturated heterocycles. The molecule has 20 heavy (non-hydrogen) atoms. The Morgan fingerprint density at radius 1 is 1.45 bits per heavy atom. The molecule has 0 bridgehead atoms. The van der Waals surface area contributed by atoms with E-state index in [-0.39, 0.29) is 18.0 Å². The number of tetrazole rings is 1. The van der Waals surface area contributed by atoms with Gasteiger partial charge in [-0.2, -0.15) is 5.21 Å². The standard InChI is InChI=1S/C12H10ClN5O2/c13-6-1-2-9-7(3-6)8(5-14-9)10(19)4-11(20)12-15-17-18-16-12/h1-3,5,11,14,20H,4H2,(H,15,16,17,18). The van der Waals surface area contributed by atoms with Crippen molar-refractivity contribution in [2.24, 2.45) is 0 Å². The summed E-state index contributed by atoms with van der Waals surface area (Å²) in [5.41, 5.74) is 1.29. The highest BCUT2D eigenvalue weighted by Gasteiger charge is 2.20. The van der Waals surface area contributed by atoms with Crippen molar-refractivity contribution in [3.05, 3.63) is 40.8 Å². The number of aliphatic hydroxyl groups excluding tert-OH is 1. The largest absolute Gasteiger partial charge is 0.384 e. The number of Topliss-reactive ketones (excluding diaryl/α,β-unsaturated/α-hetero) is 1. The number of carbonyl (C=O) groups is 1. The molecule has 2 heterocycles. The molecule has 0 fully saturated rings. The number of carbonyl (C=O) groups excluding carboxylic acids is 1. The van der Waals surface area contributed by atoms with E-state index in [0.717, 1.165) is 10.9 Å². The third-order valence-corrected chi connectivity index (χ3v) is 3.22. The Morgan fingerprint density at radius 2 is 2.30 bits per heavy atom. The van der Waals surface area contributed by atoms with Gasteiger partial charge in [-0.05, 0) is 18.2 Å². The van der Waals surface area contributed by atoms with E-state index in [1.807, 2.05) is 0 Å². The van der Waals surface area contributed by atoms with Crippen molar-refractivity contribution in [2.45, 2.75) is 12.5 Å². The molecule has 1 unspecified atom stereocenters. The van der Waals surface area contributed by atoms with Crippen LogP contribution in [0.25, 0.3) is 10.9 Å². The van der Waals surface area contributed by atoms with Crippen molar-refractivity contribution in [3.63, 3.8) is 0 Å². The first-order valence-electron chi connectivity index (χ1n) is 5.86. The number of fused-ring (bicyclic) bond motifs is 1. The number of H-pyrrole nitrogens is 2. The third-order valence-electron chi connectivity index (χ3n) is 2.98. The average Bonchev–Trinajstić information content (AvgIpc) is 3.07. The van der Waals surface area contributed by atoms with Crippen molar-refractivity contribution in [2.75, 3.05) is 0 Å². The van der Waals surface area contributed by atoms with E-state index >= 15 is 0 Å². The summed E-state index contributed by atoms with van der Waals surface area (Å²) < 4.78 is 0. The number of benzene rings is 1. The molecule has 8 heteroatoms. The molecule has 0 saturated carbocycles. The van der Waals surface area contributed by atoms with Crippen LogP contribution in [0.15, 0.2) is 24.4 Å². The number of nitrogens with zero attached hydrogens (tertiary/aromatic N) is 3. The minimum Gasteiger partial charge on any atom is -0.384 e. The van der Waals surface area contributed by atoms with Gasteiger partial charge in [-0.1, -0.05) is 16.8 Å². The molecular weight excluding hydrogens is 282 g/mol. The van der Waals surface area contributed by atoms with Crippen LogP contribution < -0.4 is 0 Å². The number of nitrogens with one attached hydrogen (secondary N) is 2. The number of aromatic amines is 2. The van der Waals surface area contributed by atoms with E-state index in [4.69, 9.17) is 11.6 Å². The molecule has 2 aromatic heterocycles. The molecule has 3 aromatic rings. The molecule has 0 spiro atoms. The van der Waals surface area contributed by atoms with Crippen LogP contribution in [0.3, 0.4) is 0 Å². The summed E-state index contributed by atoms with van der Waals surface area (Å²) in [6.45, 7) is 0. The number of hydrogen-bond donors (Lipinski definition) is 3. The number of ketones is 1. The lowest BCUT2D eigenvalue weighted by atomic mass is 10.0. The maximum atomic E-state index is 12.2. The quantitative estimate of drug-likeness (QED) is 0.633. The fourth-order valence-electron chi connectivity index (χ4n) is 2.01. The summed E-state index contributed by atoms with van der Waals surface area (Å²) in [7, 11) is 0. The molecule has 0 amide bonds. The first-order valence-corrected chi connectivity index (χ1v) is 6.24. The first-order chi connectivity index (χ1) is 9.65. The van der Waals surface area contributed by atoms with Crippen molar-refractivity contribution in [1.82, 2.24) is 25.6 Å². The number of rotatable bonds is 4. The van der Waals surface area contributed by atoms with E-state index in [0.29, 0.717) is 10.6 Å². The second kappa shape index (κ2) is 5.03. The van der Waals surface area contributed by atoms with Crippen LogP contribution in [0.4, 0.5) is 0 Å². The average molecular weight is 292 g/mol. The second-order valence-electron chi connectivity index (χ2n) is 4.31. The molecule has 1 aromatic carbocycles. The van der Waals surface area contributed by atoms with Gasteiger partial charge < -0.3 is 10.1 Å². The summed E-state index contributed by atoms with van der Waals surface area (Å²) in [4.78, 5) is 15.2. The van der Waals surface area contributed by atoms with Gasteiger partial charge in [-0.25, -0.2) is 0 Å². The Morgan fingerprint density at radius 3 is 3.05 bits per heavy atom. The van der Waals surface area contributed by atoms with Crippen molar-refractivity contribution in [1.29, 1.82) is 0 Å². The van der Waals surface area contributed by atoms with Gasteiger partial charge >= 0.3 is 0 Å². The second-order valence-corrected chi connectivity index (χ2v) is 4.74. The summed E-state index contributed by atoms with van der Waals surface area (Å²) >= 11 is 5.93. The van der Waals surface area contributed by atoms with E-state index in [2.05, 4.69) is 25.6 Å². The van der Waals surface area contributed by atoms with Crippen LogP contribution >= 0.6 is 11.6 Å². The molecule has 3 rings (SSSR count). The zero-order valence-corrected chi connectivity index (χ0v) is 10.9. The fourth-order valence-corrected chi connectivity index (χ4v) is 2.18. The van der Waals surface area contributed by atoms with E-state index in [9.17, 15) is 9.90 Å². The van der Waals surface area contributed by atoms with Gasteiger partial charge in [0.05, 0.1) is 0 Å². The molecule has 0 aliphatic carbocycles. The van der Waals surface area contributed by atoms with E-state index < -0.39 is 6.10 Å². The number of hydrogen-bond acceptors (Lipinski definition) is 5. The highest BCUT2D eigenvalue weighted by molar-refractivity contribution is 6.31. The minimum absolute atomic E-state index is 0.0937. The highest BCUT2D eigenvalue weighted by Crippen LogP contribution is 2.25. The van der Waals surface area contributed by atoms with Gasteiger partial charge in [0.25, 0.3) is 0 Å². The Balaban J connectivity index is 1.87. The van der Waals surface area contributed by atoms with Gasteiger partial charge in [0, 0.05) is 34.1 Å². The van der Waals surface area contributed by atoms with Crippen LogP contribution in [0.2, 0.25) is 5.02 Å². The summed E-state index contributed by atoms with van der Waals surface area (Å²) in [6.07, 6.45) is 0.385. The molecule has 102 valence electrons. The van der Waals surface area contributed by atoms with Crippen LogP contribution in [0, 0.1) is 0 Å². The summed E-state index contributed by atoms with van der Waals surface area (Å²) in [6, 6.07) is 5.24. The van der Waals surface area contributed by atoms with Crippen LogP contribution in [0.5, 0.6) is 0 Å². The maximum Gasteiger partial charge on any atom is 0.203 e. The minimum atomic E-state index is -1.09. The molecule has 7 nitrogen and oxygen atoms in total. The molecule has 3 N–H and O–H groups in total. The lowest BCUT2D eigenvalue weighted by Crippen LogP contribution is -2.08. The van der Waals surface area contributed by atoms with Gasteiger partial charge in [0.2, 0.25) is 5.82 Å². The van der Waals surface area contributed by atoms with Gasteiger partial charge in [0.1, 0.15) is 6.10 Å². The van der Waals surface area contributed by atoms with Gasteiger partial charge in [-0.3, -0.25) is 4.79 Å². The molecule has 0 aliphatic heterocycles. The monoisotopic (exact) mass is 291 g/mol. The normalized spacial score (nSPS) is 12.7. The predicted molar refractivity (Wildman–Crippen MR) is 71.4 cm³/mol. The number of aliphatic hydroxyl groups is 1. The molecule has 0 aliphatic rings. The van der Waals surface area contributed by atoms with Gasteiger partial charge in [-0.15, -0.1) is 10.2 Å². The Bertz CT molecular complexity index is 752. The molecule has 1 atom stereocenters. The number of aromatic nitrogens is 5. The Hall–Kier alpha value is -2.25. The smallest absolute Gasteiger partial charge is 0.203 e. The zero-order valence-electron chi connectivity index (χ0n) is 10.2. The maximum absolute atomic E-state index is 12.2. The first kappa shape index (κ1) is 12.8. The van der Waals surface area contributed by atoms with Crippen molar-refractivity contribution in [3.8, 4) is 0 Å². The lowest BCUT2D eigenvalue weighted by molar-refractivity contribution is 0.0870. The van der Waals surface area contributed by atoms with Crippen molar-refractivity contribution < 1.29 is 9.90 Å².